The van der Waals surface area contributed by atoms with Crippen molar-refractivity contribution in [2.24, 2.45) is 0 Å². The molecule has 3 aromatic carbocycles. The standard InChI is InChI=1S/C37H37ClN2O5/c38-28-14-10-25(11-15-28)20-29(39-37(44)35-22-33(42)32-17-16-30(41)21-34(32)45-35)19-24-8-12-26(13-9-24)31-6-2-1-5-27(31)23-40-18-4-3-7-36(40)43/h1-2,5-6,10-11,14-17,19,21-22,26,29,41H,3-4,7-9,12-13,18,20,23H2,(H,39,44)/t26?,29-/m1/s1. The topological polar surface area (TPSA) is 99.9 Å². The summed E-state index contributed by atoms with van der Waals surface area (Å²) in [6.45, 7) is 1.50. The Balaban J connectivity index is 1.19. The number of allylic oxidation sites excluding steroid dienone is 1. The molecule has 6 rings (SSSR count). The lowest BCUT2D eigenvalue weighted by molar-refractivity contribution is -0.133. The third-order valence-electron chi connectivity index (χ3n) is 8.96. The number of benzene rings is 3. The largest absolute Gasteiger partial charge is 0.508 e. The number of hydrogen-bond donors (Lipinski definition) is 2. The molecule has 2 heterocycles. The Morgan fingerprint density at radius 1 is 1.00 bits per heavy atom. The Bertz CT molecular complexity index is 1790. The summed E-state index contributed by atoms with van der Waals surface area (Å²) < 4.78 is 5.74. The van der Waals surface area contributed by atoms with E-state index in [0.29, 0.717) is 35.7 Å². The van der Waals surface area contributed by atoms with E-state index in [4.69, 9.17) is 16.0 Å². The Labute approximate surface area is 267 Å². The summed E-state index contributed by atoms with van der Waals surface area (Å²) in [5, 5.41) is 13.9. The van der Waals surface area contributed by atoms with Gasteiger partial charge in [0.1, 0.15) is 11.3 Å². The van der Waals surface area contributed by atoms with Gasteiger partial charge in [0, 0.05) is 36.7 Å². The molecule has 0 radical (unpaired) electrons. The minimum atomic E-state index is -0.497. The molecule has 2 fully saturated rings. The number of aromatic hydroxyl groups is 1. The number of rotatable bonds is 8. The number of amides is 2. The van der Waals surface area contributed by atoms with E-state index in [2.05, 4.69) is 35.7 Å². The highest BCUT2D eigenvalue weighted by Gasteiger charge is 2.25. The van der Waals surface area contributed by atoms with Gasteiger partial charge in [0.25, 0.3) is 5.91 Å². The molecule has 4 aromatic rings. The van der Waals surface area contributed by atoms with E-state index < -0.39 is 5.91 Å². The fourth-order valence-corrected chi connectivity index (χ4v) is 6.71. The molecule has 0 bridgehead atoms. The van der Waals surface area contributed by atoms with Crippen LogP contribution in [0.5, 0.6) is 5.75 Å². The molecule has 1 aromatic heterocycles. The number of carbonyl (C=O) groups is 2. The molecular formula is C37H37ClN2O5. The highest BCUT2D eigenvalue weighted by molar-refractivity contribution is 6.30. The quantitative estimate of drug-likeness (QED) is 0.201. The molecule has 1 saturated carbocycles. The van der Waals surface area contributed by atoms with Crippen LogP contribution >= 0.6 is 11.6 Å². The van der Waals surface area contributed by atoms with E-state index in [0.717, 1.165) is 50.6 Å². The first-order chi connectivity index (χ1) is 21.8. The van der Waals surface area contributed by atoms with Gasteiger partial charge in [-0.25, -0.2) is 0 Å². The number of halogens is 1. The molecule has 2 aliphatic rings. The van der Waals surface area contributed by atoms with Gasteiger partial charge in [-0.2, -0.15) is 0 Å². The highest BCUT2D eigenvalue weighted by Crippen LogP contribution is 2.37. The molecule has 1 aliphatic heterocycles. The molecule has 1 saturated heterocycles. The average Bonchev–Trinajstić information content (AvgIpc) is 3.03. The van der Waals surface area contributed by atoms with Crippen LogP contribution in [-0.4, -0.2) is 34.4 Å². The number of phenolic OH excluding ortho intramolecular Hbond substituents is 1. The van der Waals surface area contributed by atoms with E-state index >= 15 is 0 Å². The summed E-state index contributed by atoms with van der Waals surface area (Å²) in [4.78, 5) is 40.6. The van der Waals surface area contributed by atoms with Crippen molar-refractivity contribution in [3.63, 3.8) is 0 Å². The molecule has 232 valence electrons. The molecule has 0 unspecified atom stereocenters. The maximum atomic E-state index is 13.4. The van der Waals surface area contributed by atoms with Crippen molar-refractivity contribution < 1.29 is 19.1 Å². The monoisotopic (exact) mass is 624 g/mol. The molecule has 0 spiro atoms. The van der Waals surface area contributed by atoms with Crippen LogP contribution in [0.15, 0.2) is 93.7 Å². The Hall–Kier alpha value is -4.36. The minimum Gasteiger partial charge on any atom is -0.508 e. The number of nitrogens with one attached hydrogen (secondary N) is 1. The lowest BCUT2D eigenvalue weighted by Crippen LogP contribution is -2.36. The molecule has 1 atom stereocenters. The van der Waals surface area contributed by atoms with Gasteiger partial charge in [-0.05, 0) is 91.8 Å². The van der Waals surface area contributed by atoms with Gasteiger partial charge < -0.3 is 19.7 Å². The number of likely N-dealkylation sites (tertiary alicyclic amines) is 1. The van der Waals surface area contributed by atoms with Gasteiger partial charge in [-0.1, -0.05) is 59.6 Å². The Morgan fingerprint density at radius 3 is 2.56 bits per heavy atom. The normalized spacial score (nSPS) is 17.7. The fraction of sp³-hybridized carbons (Fsp3) is 0.324. The second kappa shape index (κ2) is 13.7. The van der Waals surface area contributed by atoms with Crippen molar-refractivity contribution in [3.8, 4) is 5.75 Å². The van der Waals surface area contributed by atoms with Gasteiger partial charge in [0.2, 0.25) is 5.91 Å². The second-order valence-electron chi connectivity index (χ2n) is 12.1. The molecular weight excluding hydrogens is 588 g/mol. The number of piperidine rings is 1. The van der Waals surface area contributed by atoms with Crippen LogP contribution in [0.2, 0.25) is 5.02 Å². The first-order valence-electron chi connectivity index (χ1n) is 15.7. The van der Waals surface area contributed by atoms with Crippen molar-refractivity contribution in [3.05, 3.63) is 122 Å². The summed E-state index contributed by atoms with van der Waals surface area (Å²) in [7, 11) is 0. The van der Waals surface area contributed by atoms with E-state index in [9.17, 15) is 19.5 Å². The average molecular weight is 625 g/mol. The van der Waals surface area contributed by atoms with Gasteiger partial charge in [-0.3, -0.25) is 14.4 Å². The van der Waals surface area contributed by atoms with Crippen molar-refractivity contribution >= 4 is 34.4 Å². The van der Waals surface area contributed by atoms with E-state index in [1.165, 1.54) is 41.0 Å². The molecule has 8 heteroatoms. The van der Waals surface area contributed by atoms with Crippen LogP contribution in [0.3, 0.4) is 0 Å². The van der Waals surface area contributed by atoms with Gasteiger partial charge in [0.15, 0.2) is 11.2 Å². The molecule has 2 N–H and O–H groups in total. The minimum absolute atomic E-state index is 0.0493. The number of fused-ring (bicyclic) bond motifs is 1. The van der Waals surface area contributed by atoms with Crippen LogP contribution in [0.4, 0.5) is 0 Å². The van der Waals surface area contributed by atoms with E-state index in [-0.39, 0.29) is 34.5 Å². The van der Waals surface area contributed by atoms with Gasteiger partial charge in [-0.15, -0.1) is 0 Å². The summed E-state index contributed by atoms with van der Waals surface area (Å²) in [6, 6.07) is 21.2. The van der Waals surface area contributed by atoms with Crippen molar-refractivity contribution in [1.29, 1.82) is 0 Å². The zero-order valence-electron chi connectivity index (χ0n) is 25.1. The van der Waals surface area contributed by atoms with Crippen LogP contribution in [-0.2, 0) is 17.8 Å². The SMILES string of the molecule is O=C(N[C@H](C=C1CCC(c2ccccc2CN2CCCCC2=O)CC1)Cc1ccc(Cl)cc1)c1cc(=O)c2ccc(O)cc2o1. The van der Waals surface area contributed by atoms with Crippen molar-refractivity contribution in [1.82, 2.24) is 10.2 Å². The molecule has 2 amide bonds. The summed E-state index contributed by atoms with van der Waals surface area (Å²) in [6.07, 6.45) is 9.16. The summed E-state index contributed by atoms with van der Waals surface area (Å²) in [5.41, 5.74) is 4.67. The van der Waals surface area contributed by atoms with E-state index in [1.807, 2.05) is 29.2 Å². The maximum Gasteiger partial charge on any atom is 0.287 e. The van der Waals surface area contributed by atoms with Crippen molar-refractivity contribution in [2.45, 2.75) is 69.9 Å². The maximum absolute atomic E-state index is 13.4. The lowest BCUT2D eigenvalue weighted by atomic mass is 9.79. The summed E-state index contributed by atoms with van der Waals surface area (Å²) in [5.74, 6) is 0.00514. The van der Waals surface area contributed by atoms with Crippen LogP contribution in [0.25, 0.3) is 11.0 Å². The zero-order valence-corrected chi connectivity index (χ0v) is 25.9. The third-order valence-corrected chi connectivity index (χ3v) is 9.22. The van der Waals surface area contributed by atoms with Crippen molar-refractivity contribution in [2.75, 3.05) is 6.54 Å². The van der Waals surface area contributed by atoms with Gasteiger partial charge in [0.05, 0.1) is 11.4 Å². The molecule has 7 nitrogen and oxygen atoms in total. The predicted octanol–water partition coefficient (Wildman–Crippen LogP) is 7.29. The Morgan fingerprint density at radius 2 is 1.78 bits per heavy atom. The smallest absolute Gasteiger partial charge is 0.287 e. The fourth-order valence-electron chi connectivity index (χ4n) is 6.58. The number of hydrogen-bond acceptors (Lipinski definition) is 5. The van der Waals surface area contributed by atoms with Crippen LogP contribution < -0.4 is 10.7 Å². The summed E-state index contributed by atoms with van der Waals surface area (Å²) >= 11 is 6.12. The van der Waals surface area contributed by atoms with Crippen LogP contribution in [0.1, 0.15) is 78.1 Å². The first kappa shape index (κ1) is 30.7. The number of nitrogens with zero attached hydrogens (tertiary/aromatic N) is 1. The number of carbonyl (C=O) groups excluding carboxylic acids is 2. The Kier molecular flexibility index (Phi) is 9.36. The number of phenols is 1. The zero-order chi connectivity index (χ0) is 31.3. The first-order valence-corrected chi connectivity index (χ1v) is 16.1. The van der Waals surface area contributed by atoms with Crippen LogP contribution in [0, 0.1) is 0 Å². The molecule has 1 aliphatic carbocycles. The third kappa shape index (κ3) is 7.48. The predicted molar refractivity (Wildman–Crippen MR) is 176 cm³/mol. The van der Waals surface area contributed by atoms with Gasteiger partial charge >= 0.3 is 0 Å². The highest BCUT2D eigenvalue weighted by atomic mass is 35.5. The van der Waals surface area contributed by atoms with E-state index in [1.54, 1.807) is 0 Å². The second-order valence-corrected chi connectivity index (χ2v) is 12.6. The lowest BCUT2D eigenvalue weighted by Gasteiger charge is -2.31. The molecule has 45 heavy (non-hydrogen) atoms.